The number of carbonyl (C=O) groups is 2. The van der Waals surface area contributed by atoms with Gasteiger partial charge in [0.25, 0.3) is 0 Å². The van der Waals surface area contributed by atoms with Crippen molar-refractivity contribution in [1.82, 2.24) is 10.2 Å². The number of carbonyl (C=O) groups excluding carboxylic acids is 2. The van der Waals surface area contributed by atoms with E-state index in [1.807, 2.05) is 23.1 Å². The molecule has 1 N–H and O–H groups in total. The molecule has 2 atom stereocenters. The zero-order chi connectivity index (χ0) is 16.7. The molecule has 2 unspecified atom stereocenters. The number of benzene rings is 1. The average molecular weight is 316 g/mol. The molecule has 0 aromatic heterocycles. The molecule has 1 aliphatic carbocycles. The Hall–Kier alpha value is -1.84. The summed E-state index contributed by atoms with van der Waals surface area (Å²) in [7, 11) is 0. The molecule has 126 valence electrons. The van der Waals surface area contributed by atoms with Crippen molar-refractivity contribution >= 4 is 11.8 Å². The van der Waals surface area contributed by atoms with E-state index in [0.717, 1.165) is 32.4 Å². The SMILES string of the molecule is CCCN(CCC)C(=O)C1CC1C(=O)NCCc1ccccc1. The first-order valence-corrected chi connectivity index (χ1v) is 8.77. The maximum Gasteiger partial charge on any atom is 0.226 e. The largest absolute Gasteiger partial charge is 0.356 e. The maximum atomic E-state index is 12.4. The third kappa shape index (κ3) is 5.08. The lowest BCUT2D eigenvalue weighted by molar-refractivity contribution is -0.134. The summed E-state index contributed by atoms with van der Waals surface area (Å²) in [5.74, 6) is -0.0107. The van der Waals surface area contributed by atoms with Crippen LogP contribution in [0.25, 0.3) is 0 Å². The van der Waals surface area contributed by atoms with Crippen molar-refractivity contribution in [2.75, 3.05) is 19.6 Å². The first-order chi connectivity index (χ1) is 11.2. The summed E-state index contributed by atoms with van der Waals surface area (Å²) in [6.07, 6.45) is 3.47. The van der Waals surface area contributed by atoms with Crippen molar-refractivity contribution in [3.63, 3.8) is 0 Å². The topological polar surface area (TPSA) is 49.4 Å². The molecule has 0 saturated heterocycles. The van der Waals surface area contributed by atoms with Crippen molar-refractivity contribution in [2.24, 2.45) is 11.8 Å². The molecule has 2 amide bonds. The first kappa shape index (κ1) is 17.5. The second-order valence-electron chi connectivity index (χ2n) is 6.30. The Kier molecular flexibility index (Phi) is 6.63. The second-order valence-corrected chi connectivity index (χ2v) is 6.30. The van der Waals surface area contributed by atoms with Crippen molar-refractivity contribution in [2.45, 2.75) is 39.5 Å². The third-order valence-corrected chi connectivity index (χ3v) is 4.30. The van der Waals surface area contributed by atoms with Crippen LogP contribution in [0.4, 0.5) is 0 Å². The Morgan fingerprint density at radius 3 is 2.35 bits per heavy atom. The minimum atomic E-state index is -0.116. The summed E-state index contributed by atoms with van der Waals surface area (Å²) in [5.41, 5.74) is 1.22. The Bertz CT molecular complexity index is 509. The Morgan fingerprint density at radius 2 is 1.74 bits per heavy atom. The molecule has 0 radical (unpaired) electrons. The van der Waals surface area contributed by atoms with Crippen LogP contribution in [-0.4, -0.2) is 36.3 Å². The lowest BCUT2D eigenvalue weighted by Crippen LogP contribution is -2.35. The highest BCUT2D eigenvalue weighted by Gasteiger charge is 2.49. The summed E-state index contributed by atoms with van der Waals surface area (Å²) < 4.78 is 0. The number of nitrogens with zero attached hydrogens (tertiary/aromatic N) is 1. The van der Waals surface area contributed by atoms with Gasteiger partial charge < -0.3 is 10.2 Å². The van der Waals surface area contributed by atoms with E-state index in [0.29, 0.717) is 13.0 Å². The number of nitrogens with one attached hydrogen (secondary N) is 1. The van der Waals surface area contributed by atoms with Gasteiger partial charge >= 0.3 is 0 Å². The van der Waals surface area contributed by atoms with Crippen LogP contribution in [0.1, 0.15) is 38.7 Å². The lowest BCUT2D eigenvalue weighted by Gasteiger charge is -2.21. The van der Waals surface area contributed by atoms with Crippen LogP contribution in [0.3, 0.4) is 0 Å². The summed E-state index contributed by atoms with van der Waals surface area (Å²) in [6, 6.07) is 10.1. The van der Waals surface area contributed by atoms with E-state index in [9.17, 15) is 9.59 Å². The highest BCUT2D eigenvalue weighted by molar-refractivity contribution is 5.92. The number of hydrogen-bond acceptors (Lipinski definition) is 2. The van der Waals surface area contributed by atoms with Crippen LogP contribution in [0.15, 0.2) is 30.3 Å². The van der Waals surface area contributed by atoms with Gasteiger partial charge in [-0.2, -0.15) is 0 Å². The van der Waals surface area contributed by atoms with E-state index in [4.69, 9.17) is 0 Å². The average Bonchev–Trinajstić information content (AvgIpc) is 3.35. The van der Waals surface area contributed by atoms with Crippen LogP contribution in [0.2, 0.25) is 0 Å². The monoisotopic (exact) mass is 316 g/mol. The molecule has 23 heavy (non-hydrogen) atoms. The first-order valence-electron chi connectivity index (χ1n) is 8.77. The molecule has 4 heteroatoms. The van der Waals surface area contributed by atoms with Crippen molar-refractivity contribution in [3.05, 3.63) is 35.9 Å². The van der Waals surface area contributed by atoms with E-state index in [-0.39, 0.29) is 23.7 Å². The van der Waals surface area contributed by atoms with Crippen LogP contribution in [-0.2, 0) is 16.0 Å². The fourth-order valence-corrected chi connectivity index (χ4v) is 2.97. The van der Waals surface area contributed by atoms with Gasteiger partial charge in [0.2, 0.25) is 11.8 Å². The molecule has 1 fully saturated rings. The quantitative estimate of drug-likeness (QED) is 0.761. The predicted molar refractivity (Wildman–Crippen MR) is 91.9 cm³/mol. The van der Waals surface area contributed by atoms with E-state index in [1.54, 1.807) is 0 Å². The van der Waals surface area contributed by atoms with Gasteiger partial charge in [-0.3, -0.25) is 9.59 Å². The number of amides is 2. The molecular weight excluding hydrogens is 288 g/mol. The normalized spacial score (nSPS) is 19.2. The smallest absolute Gasteiger partial charge is 0.226 e. The van der Waals surface area contributed by atoms with E-state index in [2.05, 4.69) is 31.3 Å². The molecule has 0 spiro atoms. The van der Waals surface area contributed by atoms with Crippen LogP contribution in [0, 0.1) is 11.8 Å². The maximum absolute atomic E-state index is 12.4. The summed E-state index contributed by atoms with van der Waals surface area (Å²) in [5, 5.41) is 2.97. The Balaban J connectivity index is 1.74. The summed E-state index contributed by atoms with van der Waals surface area (Å²) in [4.78, 5) is 26.5. The second kappa shape index (κ2) is 8.70. The molecule has 0 bridgehead atoms. The number of rotatable bonds is 9. The number of hydrogen-bond donors (Lipinski definition) is 1. The molecule has 1 aliphatic rings. The van der Waals surface area contributed by atoms with Crippen molar-refractivity contribution in [3.8, 4) is 0 Å². The van der Waals surface area contributed by atoms with Crippen molar-refractivity contribution in [1.29, 1.82) is 0 Å². The molecule has 2 rings (SSSR count). The summed E-state index contributed by atoms with van der Waals surface area (Å²) in [6.45, 7) is 6.39. The fourth-order valence-electron chi connectivity index (χ4n) is 2.97. The molecular formula is C19H28N2O2. The Labute approximate surface area is 139 Å². The highest BCUT2D eigenvalue weighted by Crippen LogP contribution is 2.40. The standard InChI is InChI=1S/C19H28N2O2/c1-3-12-21(13-4-2)19(23)17-14-16(17)18(22)20-11-10-15-8-6-5-7-9-15/h5-9,16-17H,3-4,10-14H2,1-2H3,(H,20,22). The third-order valence-electron chi connectivity index (χ3n) is 4.30. The minimum Gasteiger partial charge on any atom is -0.356 e. The van der Waals surface area contributed by atoms with Gasteiger partial charge in [-0.25, -0.2) is 0 Å². The summed E-state index contributed by atoms with van der Waals surface area (Å²) >= 11 is 0. The van der Waals surface area contributed by atoms with Gasteiger partial charge in [-0.05, 0) is 31.2 Å². The minimum absolute atomic E-state index is 0.0345. The molecule has 1 aromatic carbocycles. The van der Waals surface area contributed by atoms with Gasteiger partial charge in [0, 0.05) is 19.6 Å². The van der Waals surface area contributed by atoms with E-state index >= 15 is 0 Å². The van der Waals surface area contributed by atoms with Crippen LogP contribution >= 0.6 is 0 Å². The molecule has 0 aliphatic heterocycles. The van der Waals surface area contributed by atoms with Gasteiger partial charge in [-0.15, -0.1) is 0 Å². The highest BCUT2D eigenvalue weighted by atomic mass is 16.2. The fraction of sp³-hybridized carbons (Fsp3) is 0.579. The van der Waals surface area contributed by atoms with Crippen LogP contribution in [0.5, 0.6) is 0 Å². The molecule has 1 aromatic rings. The molecule has 1 saturated carbocycles. The van der Waals surface area contributed by atoms with Gasteiger partial charge in [0.1, 0.15) is 0 Å². The van der Waals surface area contributed by atoms with E-state index in [1.165, 1.54) is 5.56 Å². The lowest BCUT2D eigenvalue weighted by atomic mass is 10.1. The molecule has 0 heterocycles. The zero-order valence-electron chi connectivity index (χ0n) is 14.3. The zero-order valence-corrected chi connectivity index (χ0v) is 14.3. The van der Waals surface area contributed by atoms with Crippen molar-refractivity contribution < 1.29 is 9.59 Å². The Morgan fingerprint density at radius 1 is 1.09 bits per heavy atom. The van der Waals surface area contributed by atoms with Gasteiger partial charge in [0.05, 0.1) is 11.8 Å². The molecule has 4 nitrogen and oxygen atoms in total. The van der Waals surface area contributed by atoms with Crippen LogP contribution < -0.4 is 5.32 Å². The predicted octanol–water partition coefficient (Wildman–Crippen LogP) is 2.63. The van der Waals surface area contributed by atoms with E-state index < -0.39 is 0 Å². The van der Waals surface area contributed by atoms with Gasteiger partial charge in [-0.1, -0.05) is 44.2 Å². The van der Waals surface area contributed by atoms with Gasteiger partial charge in [0.15, 0.2) is 0 Å².